The van der Waals surface area contributed by atoms with Crippen LogP contribution in [0.5, 0.6) is 0 Å². The molecule has 3 aliphatic rings. The Morgan fingerprint density at radius 2 is 2.12 bits per heavy atom. The van der Waals surface area contributed by atoms with Crippen molar-refractivity contribution in [1.29, 1.82) is 0 Å². The van der Waals surface area contributed by atoms with Crippen molar-refractivity contribution >= 4 is 11.9 Å². The molecule has 0 radical (unpaired) electrons. The minimum Gasteiger partial charge on any atom is -0.472 e. The van der Waals surface area contributed by atoms with Crippen molar-refractivity contribution < 1.29 is 23.5 Å². The first-order chi connectivity index (χ1) is 12.4. The Morgan fingerprint density at radius 3 is 2.81 bits per heavy atom. The summed E-state index contributed by atoms with van der Waals surface area (Å²) in [5.74, 6) is -0.207. The van der Waals surface area contributed by atoms with Crippen LogP contribution in [0.15, 0.2) is 34.7 Å². The molecule has 0 unspecified atom stereocenters. The third-order valence-corrected chi connectivity index (χ3v) is 7.22. The molecule has 140 valence electrons. The average molecular weight is 358 g/mol. The Hall–Kier alpha value is -2.04. The number of hydrogen-bond donors (Lipinski definition) is 0. The molecule has 0 bridgehead atoms. The van der Waals surface area contributed by atoms with Crippen molar-refractivity contribution in [2.45, 2.75) is 52.1 Å². The number of methoxy groups -OCH3 is 1. The maximum atomic E-state index is 12.8. The lowest BCUT2D eigenvalue weighted by atomic mass is 9.45. The minimum atomic E-state index is -0.280. The highest BCUT2D eigenvalue weighted by Crippen LogP contribution is 2.64. The van der Waals surface area contributed by atoms with Gasteiger partial charge in [0.1, 0.15) is 6.10 Å². The van der Waals surface area contributed by atoms with E-state index in [2.05, 4.69) is 13.8 Å². The molecule has 5 nitrogen and oxygen atoms in total. The van der Waals surface area contributed by atoms with Gasteiger partial charge in [-0.25, -0.2) is 4.79 Å². The molecule has 1 saturated carbocycles. The van der Waals surface area contributed by atoms with Gasteiger partial charge in [0.15, 0.2) is 0 Å². The van der Waals surface area contributed by atoms with Crippen molar-refractivity contribution in [3.63, 3.8) is 0 Å². The number of ether oxygens (including phenoxy) is 2. The quantitative estimate of drug-likeness (QED) is 0.741. The van der Waals surface area contributed by atoms with Gasteiger partial charge in [0.25, 0.3) is 0 Å². The van der Waals surface area contributed by atoms with Gasteiger partial charge in [0.05, 0.1) is 25.6 Å². The van der Waals surface area contributed by atoms with E-state index < -0.39 is 0 Å². The third kappa shape index (κ3) is 2.36. The van der Waals surface area contributed by atoms with Crippen LogP contribution in [-0.2, 0) is 19.1 Å². The van der Waals surface area contributed by atoms with E-state index in [4.69, 9.17) is 13.9 Å². The number of hydrogen-bond acceptors (Lipinski definition) is 5. The number of carbonyl (C=O) groups is 2. The fourth-order valence-corrected chi connectivity index (χ4v) is 5.92. The van der Waals surface area contributed by atoms with E-state index in [0.29, 0.717) is 0 Å². The number of cyclic esters (lactones) is 1. The zero-order chi connectivity index (χ0) is 18.5. The Bertz CT molecular complexity index is 748. The van der Waals surface area contributed by atoms with Crippen LogP contribution in [0.3, 0.4) is 0 Å². The van der Waals surface area contributed by atoms with Gasteiger partial charge < -0.3 is 13.9 Å². The molecule has 0 aromatic carbocycles. The highest BCUT2D eigenvalue weighted by Gasteiger charge is 2.61. The van der Waals surface area contributed by atoms with Gasteiger partial charge >= 0.3 is 11.9 Å². The maximum Gasteiger partial charge on any atom is 0.333 e. The van der Waals surface area contributed by atoms with Gasteiger partial charge in [-0.1, -0.05) is 19.9 Å². The summed E-state index contributed by atoms with van der Waals surface area (Å²) in [4.78, 5) is 25.2. The van der Waals surface area contributed by atoms with Crippen molar-refractivity contribution in [3.8, 4) is 0 Å². The highest BCUT2D eigenvalue weighted by molar-refractivity contribution is 5.90. The van der Waals surface area contributed by atoms with Crippen LogP contribution in [0, 0.1) is 22.7 Å². The predicted octanol–water partition coefficient (Wildman–Crippen LogP) is 4.20. The molecule has 5 atom stereocenters. The first kappa shape index (κ1) is 17.4. The largest absolute Gasteiger partial charge is 0.472 e. The van der Waals surface area contributed by atoms with Gasteiger partial charge in [0.2, 0.25) is 0 Å². The molecule has 2 fully saturated rings. The van der Waals surface area contributed by atoms with E-state index in [1.165, 1.54) is 7.11 Å². The lowest BCUT2D eigenvalue weighted by Crippen LogP contribution is -2.56. The number of furan rings is 1. The van der Waals surface area contributed by atoms with Crippen LogP contribution < -0.4 is 0 Å². The van der Waals surface area contributed by atoms with Crippen molar-refractivity contribution in [2.24, 2.45) is 22.7 Å². The smallest absolute Gasteiger partial charge is 0.333 e. The first-order valence-corrected chi connectivity index (χ1v) is 9.41. The Labute approximate surface area is 153 Å². The standard InChI is InChI=1S/C21H26O5/c1-20-9-7-15-19(23)26-16(13-8-10-25-12-13)11-21(15,2)17(20)6-4-5-14(20)18(22)24-3/h5,8,10,12,15-17H,4,6-7,9,11H2,1-3H3/t15-,16+,17-,20-,21-/m0/s1. The van der Waals surface area contributed by atoms with Gasteiger partial charge in [-0.15, -0.1) is 0 Å². The second-order valence-electron chi connectivity index (χ2n) is 8.44. The van der Waals surface area contributed by atoms with E-state index in [1.807, 2.05) is 12.1 Å². The Morgan fingerprint density at radius 1 is 1.31 bits per heavy atom. The molecule has 1 aromatic heterocycles. The number of rotatable bonds is 2. The molecule has 1 aromatic rings. The molecule has 4 rings (SSSR count). The molecule has 1 aliphatic heterocycles. The minimum absolute atomic E-state index is 0.110. The van der Waals surface area contributed by atoms with Gasteiger partial charge in [-0.2, -0.15) is 0 Å². The molecule has 0 amide bonds. The summed E-state index contributed by atoms with van der Waals surface area (Å²) in [6.45, 7) is 4.39. The molecular formula is C21H26O5. The molecule has 2 heterocycles. The Balaban J connectivity index is 1.73. The highest BCUT2D eigenvalue weighted by atomic mass is 16.5. The first-order valence-electron chi connectivity index (χ1n) is 9.41. The number of allylic oxidation sites excluding steroid dienone is 1. The van der Waals surface area contributed by atoms with Gasteiger partial charge in [-0.3, -0.25) is 4.79 Å². The lowest BCUT2D eigenvalue weighted by Gasteiger charge is -2.59. The molecule has 1 saturated heterocycles. The van der Waals surface area contributed by atoms with Crippen LogP contribution in [-0.4, -0.2) is 19.0 Å². The van der Waals surface area contributed by atoms with Crippen LogP contribution >= 0.6 is 0 Å². The zero-order valence-electron chi connectivity index (χ0n) is 15.6. The van der Waals surface area contributed by atoms with Crippen molar-refractivity contribution in [3.05, 3.63) is 35.8 Å². The van der Waals surface area contributed by atoms with E-state index in [1.54, 1.807) is 12.5 Å². The van der Waals surface area contributed by atoms with Gasteiger partial charge in [-0.05, 0) is 49.5 Å². The van der Waals surface area contributed by atoms with Gasteiger partial charge in [0, 0.05) is 16.6 Å². The molecule has 0 N–H and O–H groups in total. The van der Waals surface area contributed by atoms with Crippen molar-refractivity contribution in [1.82, 2.24) is 0 Å². The summed E-state index contributed by atoms with van der Waals surface area (Å²) in [6, 6.07) is 1.87. The van der Waals surface area contributed by atoms with E-state index in [0.717, 1.165) is 43.2 Å². The molecular weight excluding hydrogens is 332 g/mol. The summed E-state index contributed by atoms with van der Waals surface area (Å²) < 4.78 is 16.0. The monoisotopic (exact) mass is 358 g/mol. The number of fused-ring (bicyclic) bond motifs is 3. The Kier molecular flexibility index (Phi) is 4.01. The summed E-state index contributed by atoms with van der Waals surface area (Å²) in [5.41, 5.74) is 1.23. The number of esters is 2. The van der Waals surface area contributed by atoms with E-state index in [9.17, 15) is 9.59 Å². The third-order valence-electron chi connectivity index (χ3n) is 7.22. The zero-order valence-corrected chi connectivity index (χ0v) is 15.6. The molecule has 0 spiro atoms. The van der Waals surface area contributed by atoms with E-state index >= 15 is 0 Å². The topological polar surface area (TPSA) is 65.7 Å². The lowest BCUT2D eigenvalue weighted by molar-refractivity contribution is -0.191. The van der Waals surface area contributed by atoms with Crippen LogP contribution in [0.2, 0.25) is 0 Å². The molecule has 26 heavy (non-hydrogen) atoms. The van der Waals surface area contributed by atoms with Crippen LogP contribution in [0.1, 0.15) is 57.6 Å². The molecule has 2 aliphatic carbocycles. The summed E-state index contributed by atoms with van der Waals surface area (Å²) >= 11 is 0. The second-order valence-corrected chi connectivity index (χ2v) is 8.44. The second kappa shape index (κ2) is 6.00. The van der Waals surface area contributed by atoms with Crippen LogP contribution in [0.25, 0.3) is 0 Å². The van der Waals surface area contributed by atoms with Crippen LogP contribution in [0.4, 0.5) is 0 Å². The molecule has 5 heteroatoms. The average Bonchev–Trinajstić information content (AvgIpc) is 3.14. The van der Waals surface area contributed by atoms with E-state index in [-0.39, 0.29) is 40.7 Å². The van der Waals surface area contributed by atoms with Crippen molar-refractivity contribution in [2.75, 3.05) is 7.11 Å². The normalized spacial score (nSPS) is 39.3. The summed E-state index contributed by atoms with van der Waals surface area (Å²) in [5, 5.41) is 0. The summed E-state index contributed by atoms with van der Waals surface area (Å²) in [7, 11) is 1.44. The fraction of sp³-hybridized carbons (Fsp3) is 0.619. The summed E-state index contributed by atoms with van der Waals surface area (Å²) in [6.07, 6.45) is 9.17. The fourth-order valence-electron chi connectivity index (χ4n) is 5.92. The SMILES string of the molecule is COC(=O)C1=CCC[C@@H]2[C@@]3(C)C[C@H](c4ccoc4)OC(=O)[C@@H]3CC[C@@]12C. The predicted molar refractivity (Wildman–Crippen MR) is 93.9 cm³/mol. The number of carbonyl (C=O) groups excluding carboxylic acids is 2. The maximum absolute atomic E-state index is 12.8.